The van der Waals surface area contributed by atoms with Crippen molar-refractivity contribution in [3.63, 3.8) is 0 Å². The van der Waals surface area contributed by atoms with Crippen LogP contribution in [0.15, 0.2) is 0 Å². The molecular weight excluding hydrogens is 264 g/mol. The smallest absolute Gasteiger partial charge is 0.0472 e. The zero-order valence-corrected chi connectivity index (χ0v) is 13.9. The number of aliphatic hydroxyl groups excluding tert-OH is 1. The van der Waals surface area contributed by atoms with Gasteiger partial charge in [0.1, 0.15) is 0 Å². The summed E-state index contributed by atoms with van der Waals surface area (Å²) in [4.78, 5) is 2.66. The topological polar surface area (TPSA) is 44.7 Å². The van der Waals surface area contributed by atoms with Gasteiger partial charge < -0.3 is 15.2 Å². The van der Waals surface area contributed by atoms with Gasteiger partial charge in [-0.25, -0.2) is 0 Å². The van der Waals surface area contributed by atoms with E-state index in [-0.39, 0.29) is 0 Å². The Bertz CT molecular complexity index is 287. The molecule has 124 valence electrons. The standard InChI is InChI=1S/C17H34N2O2/c1-15(2)18-13-17(7-11-21-12-8-17)14-19(9-4-10-20)16-5-3-6-16/h15-16,18,20H,3-14H2,1-2H3. The molecule has 0 bridgehead atoms. The van der Waals surface area contributed by atoms with Crippen molar-refractivity contribution in [2.75, 3.05) is 39.5 Å². The summed E-state index contributed by atoms with van der Waals surface area (Å²) < 4.78 is 5.61. The number of nitrogens with zero attached hydrogens (tertiary/aromatic N) is 1. The fraction of sp³-hybridized carbons (Fsp3) is 1.00. The Balaban J connectivity index is 1.96. The van der Waals surface area contributed by atoms with Crippen LogP contribution in [0.4, 0.5) is 0 Å². The van der Waals surface area contributed by atoms with E-state index in [0.29, 0.717) is 18.1 Å². The van der Waals surface area contributed by atoms with Crippen LogP contribution in [0.25, 0.3) is 0 Å². The minimum Gasteiger partial charge on any atom is -0.396 e. The van der Waals surface area contributed by atoms with Crippen LogP contribution < -0.4 is 5.32 Å². The van der Waals surface area contributed by atoms with Gasteiger partial charge in [0.25, 0.3) is 0 Å². The molecule has 1 aliphatic heterocycles. The molecule has 2 aliphatic rings. The van der Waals surface area contributed by atoms with Gasteiger partial charge in [0.05, 0.1) is 0 Å². The summed E-state index contributed by atoms with van der Waals surface area (Å²) in [6.07, 6.45) is 7.29. The summed E-state index contributed by atoms with van der Waals surface area (Å²) in [5, 5.41) is 12.8. The van der Waals surface area contributed by atoms with Crippen LogP contribution in [0.5, 0.6) is 0 Å². The molecule has 4 nitrogen and oxygen atoms in total. The molecule has 1 heterocycles. The first-order valence-electron chi connectivity index (χ1n) is 8.81. The predicted molar refractivity (Wildman–Crippen MR) is 86.5 cm³/mol. The zero-order valence-electron chi connectivity index (χ0n) is 13.9. The number of rotatable bonds is 9. The van der Waals surface area contributed by atoms with Gasteiger partial charge in [-0.05, 0) is 37.5 Å². The lowest BCUT2D eigenvalue weighted by molar-refractivity contribution is -0.0216. The molecule has 0 radical (unpaired) electrons. The normalized spacial score (nSPS) is 22.7. The Morgan fingerprint density at radius 1 is 1.29 bits per heavy atom. The first kappa shape index (κ1) is 17.2. The van der Waals surface area contributed by atoms with Crippen molar-refractivity contribution in [2.45, 2.75) is 64.5 Å². The molecule has 0 aromatic carbocycles. The SMILES string of the molecule is CC(C)NCC1(CN(CCCO)C2CCC2)CCOCC1. The van der Waals surface area contributed by atoms with E-state index in [0.717, 1.165) is 51.6 Å². The maximum atomic E-state index is 9.17. The summed E-state index contributed by atoms with van der Waals surface area (Å²) in [5.74, 6) is 0. The van der Waals surface area contributed by atoms with Crippen LogP contribution in [0.1, 0.15) is 52.4 Å². The van der Waals surface area contributed by atoms with E-state index < -0.39 is 0 Å². The molecule has 1 saturated heterocycles. The van der Waals surface area contributed by atoms with Crippen LogP contribution in [0.3, 0.4) is 0 Å². The van der Waals surface area contributed by atoms with E-state index in [9.17, 15) is 5.11 Å². The number of aliphatic hydroxyl groups is 1. The number of nitrogens with one attached hydrogen (secondary N) is 1. The third kappa shape index (κ3) is 5.20. The molecule has 21 heavy (non-hydrogen) atoms. The van der Waals surface area contributed by atoms with Gasteiger partial charge in [0.2, 0.25) is 0 Å². The summed E-state index contributed by atoms with van der Waals surface area (Å²) in [7, 11) is 0. The molecule has 1 aliphatic carbocycles. The highest BCUT2D eigenvalue weighted by atomic mass is 16.5. The second kappa shape index (κ2) is 8.47. The van der Waals surface area contributed by atoms with E-state index in [2.05, 4.69) is 24.1 Å². The Morgan fingerprint density at radius 2 is 2.00 bits per heavy atom. The highest BCUT2D eigenvalue weighted by Crippen LogP contribution is 2.34. The fourth-order valence-electron chi connectivity index (χ4n) is 3.46. The van der Waals surface area contributed by atoms with Gasteiger partial charge in [-0.2, -0.15) is 0 Å². The third-order valence-electron chi connectivity index (χ3n) is 5.17. The fourth-order valence-corrected chi connectivity index (χ4v) is 3.46. The average molecular weight is 298 g/mol. The predicted octanol–water partition coefficient (Wildman–Crippen LogP) is 2.02. The summed E-state index contributed by atoms with van der Waals surface area (Å²) in [6, 6.07) is 1.30. The molecule has 1 saturated carbocycles. The van der Waals surface area contributed by atoms with Gasteiger partial charge in [-0.15, -0.1) is 0 Å². The van der Waals surface area contributed by atoms with Crippen molar-refractivity contribution in [2.24, 2.45) is 5.41 Å². The van der Waals surface area contributed by atoms with Crippen LogP contribution >= 0.6 is 0 Å². The summed E-state index contributed by atoms with van der Waals surface area (Å²) in [6.45, 7) is 9.87. The van der Waals surface area contributed by atoms with Crippen LogP contribution in [-0.4, -0.2) is 61.5 Å². The van der Waals surface area contributed by atoms with Crippen molar-refractivity contribution in [3.05, 3.63) is 0 Å². The van der Waals surface area contributed by atoms with E-state index in [1.54, 1.807) is 0 Å². The first-order valence-corrected chi connectivity index (χ1v) is 8.81. The van der Waals surface area contributed by atoms with Crippen LogP contribution in [0.2, 0.25) is 0 Å². The van der Waals surface area contributed by atoms with Crippen molar-refractivity contribution < 1.29 is 9.84 Å². The van der Waals surface area contributed by atoms with E-state index in [1.807, 2.05) is 0 Å². The van der Waals surface area contributed by atoms with Crippen molar-refractivity contribution in [1.82, 2.24) is 10.2 Å². The second-order valence-corrected chi connectivity index (χ2v) is 7.28. The number of ether oxygens (including phenoxy) is 1. The monoisotopic (exact) mass is 298 g/mol. The highest BCUT2D eigenvalue weighted by molar-refractivity contribution is 4.91. The third-order valence-corrected chi connectivity index (χ3v) is 5.17. The van der Waals surface area contributed by atoms with E-state index >= 15 is 0 Å². The lowest BCUT2D eigenvalue weighted by Gasteiger charge is -2.46. The van der Waals surface area contributed by atoms with Crippen molar-refractivity contribution in [3.8, 4) is 0 Å². The highest BCUT2D eigenvalue weighted by Gasteiger charge is 2.37. The van der Waals surface area contributed by atoms with Crippen LogP contribution in [-0.2, 0) is 4.74 Å². The Morgan fingerprint density at radius 3 is 2.52 bits per heavy atom. The van der Waals surface area contributed by atoms with Gasteiger partial charge in [0, 0.05) is 51.5 Å². The Labute approximate surface area is 130 Å². The van der Waals surface area contributed by atoms with Crippen molar-refractivity contribution >= 4 is 0 Å². The molecule has 2 N–H and O–H groups in total. The minimum atomic E-state index is 0.309. The first-order chi connectivity index (χ1) is 10.2. The summed E-state index contributed by atoms with van der Waals surface area (Å²) >= 11 is 0. The Kier molecular flexibility index (Phi) is 6.93. The second-order valence-electron chi connectivity index (χ2n) is 7.28. The van der Waals surface area contributed by atoms with Gasteiger partial charge in [-0.1, -0.05) is 20.3 Å². The number of hydrogen-bond acceptors (Lipinski definition) is 4. The Hall–Kier alpha value is -0.160. The molecule has 4 heteroatoms. The van der Waals surface area contributed by atoms with Gasteiger partial charge >= 0.3 is 0 Å². The number of hydrogen-bond donors (Lipinski definition) is 2. The molecule has 2 fully saturated rings. The molecule has 0 spiro atoms. The maximum absolute atomic E-state index is 9.17. The van der Waals surface area contributed by atoms with E-state index in [4.69, 9.17) is 4.74 Å². The lowest BCUT2D eigenvalue weighted by Crippen LogP contribution is -2.52. The quantitative estimate of drug-likeness (QED) is 0.683. The molecule has 0 aromatic rings. The van der Waals surface area contributed by atoms with E-state index in [1.165, 1.54) is 25.8 Å². The maximum Gasteiger partial charge on any atom is 0.0472 e. The molecule has 0 amide bonds. The lowest BCUT2D eigenvalue weighted by atomic mass is 9.78. The van der Waals surface area contributed by atoms with Gasteiger partial charge in [0.15, 0.2) is 0 Å². The summed E-state index contributed by atoms with van der Waals surface area (Å²) in [5.41, 5.74) is 0.355. The molecular formula is C17H34N2O2. The largest absolute Gasteiger partial charge is 0.396 e. The van der Waals surface area contributed by atoms with Crippen molar-refractivity contribution in [1.29, 1.82) is 0 Å². The zero-order chi connectivity index (χ0) is 15.1. The molecule has 2 rings (SSSR count). The minimum absolute atomic E-state index is 0.309. The molecule has 0 atom stereocenters. The molecule has 0 unspecified atom stereocenters. The van der Waals surface area contributed by atoms with Crippen LogP contribution in [0, 0.1) is 5.41 Å². The average Bonchev–Trinajstić information content (AvgIpc) is 2.42. The van der Waals surface area contributed by atoms with Gasteiger partial charge in [-0.3, -0.25) is 4.90 Å². The molecule has 0 aromatic heterocycles.